The first kappa shape index (κ1) is 20.3. The third-order valence-electron chi connectivity index (χ3n) is 3.10. The minimum absolute atomic E-state index is 0. The molecule has 0 N–H and O–H groups in total. The molecule has 0 saturated carbocycles. The summed E-state index contributed by atoms with van der Waals surface area (Å²) in [5, 5.41) is 0. The first-order chi connectivity index (χ1) is 7.91. The van der Waals surface area contributed by atoms with Gasteiger partial charge in [0.2, 0.25) is 0 Å². The third-order valence-corrected chi connectivity index (χ3v) is 3.10. The van der Waals surface area contributed by atoms with E-state index in [1.54, 1.807) is 0 Å². The summed E-state index contributed by atoms with van der Waals surface area (Å²) >= 11 is 0. The van der Waals surface area contributed by atoms with E-state index in [4.69, 9.17) is 4.74 Å². The topological polar surface area (TPSA) is 9.23 Å². The van der Waals surface area contributed by atoms with Crippen LogP contribution in [0.1, 0.15) is 84.5 Å². The molecule has 2 heteroatoms. The van der Waals surface area contributed by atoms with E-state index >= 15 is 0 Å². The van der Waals surface area contributed by atoms with Crippen LogP contribution in [0.25, 0.3) is 0 Å². The van der Waals surface area contributed by atoms with E-state index in [9.17, 15) is 0 Å². The molecule has 0 aliphatic carbocycles. The van der Waals surface area contributed by atoms with Crippen LogP contribution in [0, 0.1) is 0 Å². The van der Waals surface area contributed by atoms with Gasteiger partial charge >= 0.3 is 29.6 Å². The second-order valence-corrected chi connectivity index (χ2v) is 4.73. The van der Waals surface area contributed by atoms with Gasteiger partial charge in [0.25, 0.3) is 0 Å². The van der Waals surface area contributed by atoms with Crippen LogP contribution in [0.3, 0.4) is 0 Å². The molecule has 0 rings (SSSR count). The van der Waals surface area contributed by atoms with Gasteiger partial charge in [-0.05, 0) is 13.3 Å². The molecular formula is C15H33NaO. The summed E-state index contributed by atoms with van der Waals surface area (Å²) in [5.41, 5.74) is 0. The van der Waals surface area contributed by atoms with E-state index in [1.165, 1.54) is 70.6 Å². The van der Waals surface area contributed by atoms with Crippen LogP contribution >= 0.6 is 0 Å². The maximum absolute atomic E-state index is 5.32. The Bertz CT molecular complexity index is 103. The van der Waals surface area contributed by atoms with Gasteiger partial charge < -0.3 is 4.74 Å². The molecule has 0 aromatic rings. The standard InChI is InChI=1S/C15H32O.Na.H/c1-3-5-6-7-8-9-10-11-12-13-14-15-16-4-2;;/h3-15H2,1-2H3;;. The van der Waals surface area contributed by atoms with Crippen molar-refractivity contribution in [3.63, 3.8) is 0 Å². The summed E-state index contributed by atoms with van der Waals surface area (Å²) in [6.45, 7) is 6.19. The molecule has 0 amide bonds. The molecule has 0 unspecified atom stereocenters. The van der Waals surface area contributed by atoms with E-state index < -0.39 is 0 Å². The molecule has 17 heavy (non-hydrogen) atoms. The van der Waals surface area contributed by atoms with Crippen molar-refractivity contribution in [2.24, 2.45) is 0 Å². The Morgan fingerprint density at radius 3 is 1.41 bits per heavy atom. The Hall–Kier alpha value is 0.960. The SMILES string of the molecule is CCCCCCCCCCCCCOCC.[NaH]. The molecule has 100 valence electrons. The first-order valence-corrected chi connectivity index (χ1v) is 7.49. The summed E-state index contributed by atoms with van der Waals surface area (Å²) in [7, 11) is 0. The predicted molar refractivity (Wildman–Crippen MR) is 80.1 cm³/mol. The molecule has 0 spiro atoms. The van der Waals surface area contributed by atoms with Gasteiger partial charge in [0.1, 0.15) is 0 Å². The molecular weight excluding hydrogens is 219 g/mol. The zero-order valence-corrected chi connectivity index (χ0v) is 11.6. The van der Waals surface area contributed by atoms with Gasteiger partial charge in [0, 0.05) is 13.2 Å². The average Bonchev–Trinajstić information content (AvgIpc) is 2.31. The molecule has 0 heterocycles. The molecule has 0 atom stereocenters. The van der Waals surface area contributed by atoms with Crippen molar-refractivity contribution < 1.29 is 4.74 Å². The average molecular weight is 252 g/mol. The Kier molecular flexibility index (Phi) is 23.0. The van der Waals surface area contributed by atoms with E-state index in [0.717, 1.165) is 13.2 Å². The number of unbranched alkanes of at least 4 members (excludes halogenated alkanes) is 10. The number of hydrogen-bond acceptors (Lipinski definition) is 1. The van der Waals surface area contributed by atoms with Crippen LogP contribution in [0.4, 0.5) is 0 Å². The van der Waals surface area contributed by atoms with Crippen molar-refractivity contribution in [2.45, 2.75) is 84.5 Å². The molecule has 0 fully saturated rings. The Balaban J connectivity index is 0. The third kappa shape index (κ3) is 19.5. The van der Waals surface area contributed by atoms with E-state index in [1.807, 2.05) is 0 Å². The number of hydrogen-bond donors (Lipinski definition) is 0. The second kappa shape index (κ2) is 19.3. The normalized spacial score (nSPS) is 10.2. The minimum atomic E-state index is 0. The quantitative estimate of drug-likeness (QED) is 0.341. The fourth-order valence-corrected chi connectivity index (χ4v) is 2.01. The van der Waals surface area contributed by atoms with Crippen LogP contribution in [0.5, 0.6) is 0 Å². The maximum atomic E-state index is 5.32. The van der Waals surface area contributed by atoms with Gasteiger partial charge in [-0.1, -0.05) is 71.1 Å². The van der Waals surface area contributed by atoms with Crippen LogP contribution in [0.15, 0.2) is 0 Å². The van der Waals surface area contributed by atoms with Gasteiger partial charge in [-0.15, -0.1) is 0 Å². The van der Waals surface area contributed by atoms with Crippen molar-refractivity contribution in [1.82, 2.24) is 0 Å². The van der Waals surface area contributed by atoms with Gasteiger partial charge in [0.15, 0.2) is 0 Å². The zero-order valence-electron chi connectivity index (χ0n) is 11.6. The number of rotatable bonds is 13. The fourth-order valence-electron chi connectivity index (χ4n) is 2.01. The van der Waals surface area contributed by atoms with Crippen LogP contribution in [-0.4, -0.2) is 42.8 Å². The van der Waals surface area contributed by atoms with Crippen LogP contribution in [0.2, 0.25) is 0 Å². The van der Waals surface area contributed by atoms with Gasteiger partial charge in [-0.3, -0.25) is 0 Å². The van der Waals surface area contributed by atoms with Crippen molar-refractivity contribution in [3.05, 3.63) is 0 Å². The Morgan fingerprint density at radius 2 is 1.00 bits per heavy atom. The number of ether oxygens (including phenoxy) is 1. The Morgan fingerprint density at radius 1 is 0.588 bits per heavy atom. The predicted octanol–water partition coefficient (Wildman–Crippen LogP) is 4.69. The van der Waals surface area contributed by atoms with Crippen molar-refractivity contribution in [3.8, 4) is 0 Å². The van der Waals surface area contributed by atoms with Gasteiger partial charge in [-0.25, -0.2) is 0 Å². The second-order valence-electron chi connectivity index (χ2n) is 4.73. The molecule has 0 aliphatic rings. The van der Waals surface area contributed by atoms with E-state index in [2.05, 4.69) is 13.8 Å². The summed E-state index contributed by atoms with van der Waals surface area (Å²) in [5.74, 6) is 0. The summed E-state index contributed by atoms with van der Waals surface area (Å²) in [6.07, 6.45) is 15.5. The molecule has 0 saturated heterocycles. The zero-order chi connectivity index (χ0) is 11.9. The van der Waals surface area contributed by atoms with Crippen LogP contribution in [-0.2, 0) is 4.74 Å². The molecule has 0 aromatic carbocycles. The van der Waals surface area contributed by atoms with Crippen LogP contribution < -0.4 is 0 Å². The first-order valence-electron chi connectivity index (χ1n) is 7.49. The van der Waals surface area contributed by atoms with Crippen molar-refractivity contribution in [1.29, 1.82) is 0 Å². The summed E-state index contributed by atoms with van der Waals surface area (Å²) in [4.78, 5) is 0. The molecule has 0 bridgehead atoms. The molecule has 1 nitrogen and oxygen atoms in total. The summed E-state index contributed by atoms with van der Waals surface area (Å²) in [6, 6.07) is 0. The fraction of sp³-hybridized carbons (Fsp3) is 1.00. The summed E-state index contributed by atoms with van der Waals surface area (Å²) < 4.78 is 5.32. The van der Waals surface area contributed by atoms with E-state index in [-0.39, 0.29) is 29.6 Å². The van der Waals surface area contributed by atoms with E-state index in [0.29, 0.717) is 0 Å². The molecule has 0 aliphatic heterocycles. The Labute approximate surface area is 131 Å². The monoisotopic (exact) mass is 252 g/mol. The van der Waals surface area contributed by atoms with Gasteiger partial charge in [0.05, 0.1) is 0 Å². The molecule has 0 aromatic heterocycles. The van der Waals surface area contributed by atoms with Gasteiger partial charge in [-0.2, -0.15) is 0 Å². The van der Waals surface area contributed by atoms with Crippen molar-refractivity contribution >= 4 is 29.6 Å². The molecule has 0 radical (unpaired) electrons. The van der Waals surface area contributed by atoms with Crippen molar-refractivity contribution in [2.75, 3.05) is 13.2 Å².